The van der Waals surface area contributed by atoms with Crippen LogP contribution in [0.1, 0.15) is 21.5 Å². The molecule has 0 amide bonds. The molecule has 0 aliphatic heterocycles. The number of nitrogens with two attached hydrogens (primary N) is 1. The Balaban J connectivity index is 2.07. The third-order valence-electron chi connectivity index (χ3n) is 2.61. The summed E-state index contributed by atoms with van der Waals surface area (Å²) in [6.45, 7) is 2.02. The molecule has 4 nitrogen and oxygen atoms in total. The average molecular weight is 321 g/mol. The van der Waals surface area contributed by atoms with Gasteiger partial charge in [0.15, 0.2) is 0 Å². The van der Waals surface area contributed by atoms with Crippen LogP contribution in [-0.4, -0.2) is 11.0 Å². The average Bonchev–Trinajstić information content (AvgIpc) is 2.39. The van der Waals surface area contributed by atoms with E-state index in [1.807, 2.05) is 13.0 Å². The standard InChI is InChI=1S/C14H13BrN2O2/c1-9-2-3-12(16)5-13(9)14(18)19-8-10-4-11(15)7-17-6-10/h2-7H,8,16H2,1H3. The lowest BCUT2D eigenvalue weighted by atomic mass is 10.1. The van der Waals surface area contributed by atoms with Crippen molar-refractivity contribution in [2.75, 3.05) is 5.73 Å². The summed E-state index contributed by atoms with van der Waals surface area (Å²) in [7, 11) is 0. The lowest BCUT2D eigenvalue weighted by Gasteiger charge is -2.08. The number of benzene rings is 1. The van der Waals surface area contributed by atoms with Crippen molar-refractivity contribution in [3.63, 3.8) is 0 Å². The van der Waals surface area contributed by atoms with Crippen LogP contribution in [0.2, 0.25) is 0 Å². The molecule has 0 unspecified atom stereocenters. The van der Waals surface area contributed by atoms with Crippen molar-refractivity contribution < 1.29 is 9.53 Å². The smallest absolute Gasteiger partial charge is 0.338 e. The second-order valence-corrected chi connectivity index (χ2v) is 5.08. The fourth-order valence-corrected chi connectivity index (χ4v) is 2.03. The van der Waals surface area contributed by atoms with E-state index < -0.39 is 0 Å². The van der Waals surface area contributed by atoms with E-state index in [0.717, 1.165) is 15.6 Å². The zero-order valence-corrected chi connectivity index (χ0v) is 12.0. The van der Waals surface area contributed by atoms with Crippen molar-refractivity contribution in [2.45, 2.75) is 13.5 Å². The van der Waals surface area contributed by atoms with Crippen LogP contribution in [0, 0.1) is 6.92 Å². The molecule has 98 valence electrons. The molecule has 1 aromatic carbocycles. The van der Waals surface area contributed by atoms with Gasteiger partial charge < -0.3 is 10.5 Å². The number of halogens is 1. The number of aromatic nitrogens is 1. The third kappa shape index (κ3) is 3.54. The second-order valence-electron chi connectivity index (χ2n) is 4.16. The van der Waals surface area contributed by atoms with Gasteiger partial charge >= 0.3 is 5.97 Å². The van der Waals surface area contributed by atoms with Gasteiger partial charge in [-0.1, -0.05) is 6.07 Å². The summed E-state index contributed by atoms with van der Waals surface area (Å²) >= 11 is 3.32. The third-order valence-corrected chi connectivity index (χ3v) is 3.05. The first-order valence-electron chi connectivity index (χ1n) is 5.69. The molecule has 19 heavy (non-hydrogen) atoms. The zero-order valence-electron chi connectivity index (χ0n) is 10.4. The molecule has 5 heteroatoms. The van der Waals surface area contributed by atoms with Crippen molar-refractivity contribution in [3.8, 4) is 0 Å². The maximum Gasteiger partial charge on any atom is 0.338 e. The van der Waals surface area contributed by atoms with E-state index in [0.29, 0.717) is 11.3 Å². The number of hydrogen-bond acceptors (Lipinski definition) is 4. The first kappa shape index (κ1) is 13.5. The summed E-state index contributed by atoms with van der Waals surface area (Å²) in [6, 6.07) is 7.03. The van der Waals surface area contributed by atoms with E-state index in [1.165, 1.54) is 0 Å². The Morgan fingerprint density at radius 2 is 2.16 bits per heavy atom. The highest BCUT2D eigenvalue weighted by atomic mass is 79.9. The molecule has 0 aliphatic carbocycles. The first-order valence-corrected chi connectivity index (χ1v) is 6.48. The number of nitrogens with zero attached hydrogens (tertiary/aromatic N) is 1. The highest BCUT2D eigenvalue weighted by molar-refractivity contribution is 9.10. The van der Waals surface area contributed by atoms with Crippen LogP contribution in [0.4, 0.5) is 5.69 Å². The Hall–Kier alpha value is -1.88. The Morgan fingerprint density at radius 3 is 2.89 bits per heavy atom. The molecule has 1 aromatic heterocycles. The predicted octanol–water partition coefficient (Wildman–Crippen LogP) is 3.09. The number of pyridine rings is 1. The fourth-order valence-electron chi connectivity index (χ4n) is 1.62. The Morgan fingerprint density at radius 1 is 1.37 bits per heavy atom. The first-order chi connectivity index (χ1) is 9.06. The number of nitrogen functional groups attached to an aromatic ring is 1. The second kappa shape index (κ2) is 5.84. The minimum Gasteiger partial charge on any atom is -0.457 e. The highest BCUT2D eigenvalue weighted by Gasteiger charge is 2.11. The van der Waals surface area contributed by atoms with Gasteiger partial charge in [-0.05, 0) is 46.6 Å². The normalized spacial score (nSPS) is 10.2. The van der Waals surface area contributed by atoms with Crippen LogP contribution in [0.3, 0.4) is 0 Å². The van der Waals surface area contributed by atoms with Crippen LogP contribution in [-0.2, 0) is 11.3 Å². The van der Waals surface area contributed by atoms with Gasteiger partial charge in [0.1, 0.15) is 6.61 Å². The lowest BCUT2D eigenvalue weighted by Crippen LogP contribution is -2.08. The summed E-state index contributed by atoms with van der Waals surface area (Å²) in [4.78, 5) is 16.0. The van der Waals surface area contributed by atoms with Crippen LogP contribution in [0.15, 0.2) is 41.1 Å². The zero-order chi connectivity index (χ0) is 13.8. The topological polar surface area (TPSA) is 65.2 Å². The summed E-state index contributed by atoms with van der Waals surface area (Å²) in [5, 5.41) is 0. The van der Waals surface area contributed by atoms with Crippen LogP contribution < -0.4 is 5.73 Å². The van der Waals surface area contributed by atoms with Gasteiger partial charge in [-0.3, -0.25) is 4.98 Å². The van der Waals surface area contributed by atoms with E-state index in [9.17, 15) is 4.79 Å². The lowest BCUT2D eigenvalue weighted by molar-refractivity contribution is 0.0471. The number of carbonyl (C=O) groups is 1. The van der Waals surface area contributed by atoms with Gasteiger partial charge in [0.2, 0.25) is 0 Å². The number of aryl methyl sites for hydroxylation is 1. The Bertz CT molecular complexity index is 614. The fraction of sp³-hybridized carbons (Fsp3) is 0.143. The van der Waals surface area contributed by atoms with Gasteiger partial charge in [-0.25, -0.2) is 4.79 Å². The summed E-state index contributed by atoms with van der Waals surface area (Å²) in [5.41, 5.74) is 8.36. The molecule has 0 aliphatic rings. The minimum absolute atomic E-state index is 0.180. The van der Waals surface area contributed by atoms with Crippen LogP contribution in [0.25, 0.3) is 0 Å². The van der Waals surface area contributed by atoms with Crippen molar-refractivity contribution in [1.29, 1.82) is 0 Å². The van der Waals surface area contributed by atoms with Crippen LogP contribution >= 0.6 is 15.9 Å². The summed E-state index contributed by atoms with van der Waals surface area (Å²) < 4.78 is 6.10. The van der Waals surface area contributed by atoms with Gasteiger partial charge in [-0.15, -0.1) is 0 Å². The molecule has 0 bridgehead atoms. The summed E-state index contributed by atoms with van der Waals surface area (Å²) in [6.07, 6.45) is 3.33. The van der Waals surface area contributed by atoms with E-state index in [4.69, 9.17) is 10.5 Å². The quantitative estimate of drug-likeness (QED) is 0.697. The monoisotopic (exact) mass is 320 g/mol. The minimum atomic E-state index is -0.384. The molecule has 0 atom stereocenters. The molecular formula is C14H13BrN2O2. The Kier molecular flexibility index (Phi) is 4.16. The molecule has 0 fully saturated rings. The Labute approximate surface area is 119 Å². The maximum atomic E-state index is 12.0. The molecule has 2 aromatic rings. The molecule has 2 N–H and O–H groups in total. The molecule has 0 saturated carbocycles. The van der Waals surface area contributed by atoms with Gasteiger partial charge in [0.05, 0.1) is 5.56 Å². The van der Waals surface area contributed by atoms with Crippen molar-refractivity contribution in [2.24, 2.45) is 0 Å². The number of ether oxygens (including phenoxy) is 1. The molecular weight excluding hydrogens is 308 g/mol. The summed E-state index contributed by atoms with van der Waals surface area (Å²) in [5.74, 6) is -0.384. The highest BCUT2D eigenvalue weighted by Crippen LogP contribution is 2.15. The van der Waals surface area contributed by atoms with Crippen molar-refractivity contribution >= 4 is 27.6 Å². The van der Waals surface area contributed by atoms with Gasteiger partial charge in [0.25, 0.3) is 0 Å². The predicted molar refractivity (Wildman–Crippen MR) is 76.6 cm³/mol. The van der Waals surface area contributed by atoms with E-state index in [2.05, 4.69) is 20.9 Å². The van der Waals surface area contributed by atoms with E-state index in [-0.39, 0.29) is 12.6 Å². The number of rotatable bonds is 3. The molecule has 0 saturated heterocycles. The molecule has 0 radical (unpaired) electrons. The molecule has 1 heterocycles. The largest absolute Gasteiger partial charge is 0.457 e. The van der Waals surface area contributed by atoms with E-state index >= 15 is 0 Å². The van der Waals surface area contributed by atoms with Gasteiger partial charge in [-0.2, -0.15) is 0 Å². The number of anilines is 1. The maximum absolute atomic E-state index is 12.0. The molecule has 2 rings (SSSR count). The van der Waals surface area contributed by atoms with Crippen molar-refractivity contribution in [1.82, 2.24) is 4.98 Å². The number of hydrogen-bond donors (Lipinski definition) is 1. The number of carbonyl (C=O) groups excluding carboxylic acids is 1. The number of esters is 1. The van der Waals surface area contributed by atoms with E-state index in [1.54, 1.807) is 30.6 Å². The van der Waals surface area contributed by atoms with Crippen molar-refractivity contribution in [3.05, 3.63) is 57.8 Å². The molecule has 0 spiro atoms. The van der Waals surface area contributed by atoms with Crippen LogP contribution in [0.5, 0.6) is 0 Å². The van der Waals surface area contributed by atoms with Gasteiger partial charge in [0, 0.05) is 28.1 Å². The SMILES string of the molecule is Cc1ccc(N)cc1C(=O)OCc1cncc(Br)c1.